The van der Waals surface area contributed by atoms with Gasteiger partial charge in [-0.25, -0.2) is 4.79 Å². The normalized spacial score (nSPS) is 19.6. The van der Waals surface area contributed by atoms with Gasteiger partial charge in [-0.1, -0.05) is 13.8 Å². The van der Waals surface area contributed by atoms with E-state index >= 15 is 0 Å². The first-order chi connectivity index (χ1) is 8.61. The zero-order chi connectivity index (χ0) is 14.7. The third-order valence-corrected chi connectivity index (χ3v) is 3.53. The minimum Gasteiger partial charge on any atom is -0.444 e. The van der Waals surface area contributed by atoms with Gasteiger partial charge in [-0.05, 0) is 52.4 Å². The van der Waals surface area contributed by atoms with Crippen LogP contribution in [0, 0.1) is 5.92 Å². The number of rotatable bonds is 3. The number of likely N-dealkylation sites (tertiary alicyclic amines) is 1. The topological polar surface area (TPSA) is 49.8 Å². The molecule has 0 aromatic heterocycles. The van der Waals surface area contributed by atoms with Crippen molar-refractivity contribution in [3.8, 4) is 0 Å². The van der Waals surface area contributed by atoms with Crippen molar-refractivity contribution in [2.45, 2.75) is 71.5 Å². The zero-order valence-corrected chi connectivity index (χ0v) is 13.0. The Labute approximate surface area is 117 Å². The lowest BCUT2D eigenvalue weighted by Crippen LogP contribution is -2.48. The first kappa shape index (κ1) is 16.3. The predicted octanol–water partition coefficient (Wildman–Crippen LogP) is 3.18. The quantitative estimate of drug-likeness (QED) is 0.857. The highest BCUT2D eigenvalue weighted by molar-refractivity contribution is 5.68. The highest BCUT2D eigenvalue weighted by Crippen LogP contribution is 2.29. The molecule has 0 saturated carbocycles. The van der Waals surface area contributed by atoms with Crippen molar-refractivity contribution in [3.05, 3.63) is 0 Å². The third kappa shape index (κ3) is 5.81. The fourth-order valence-electron chi connectivity index (χ4n) is 2.24. The first-order valence-electron chi connectivity index (χ1n) is 7.32. The molecular weight excluding hydrogens is 242 g/mol. The molecule has 4 heteroatoms. The van der Waals surface area contributed by atoms with Crippen LogP contribution in [-0.4, -0.2) is 40.4 Å². The molecule has 0 atom stereocenters. The van der Waals surface area contributed by atoms with Gasteiger partial charge in [0.2, 0.25) is 0 Å². The van der Waals surface area contributed by atoms with Gasteiger partial charge in [0.15, 0.2) is 0 Å². The van der Waals surface area contributed by atoms with E-state index in [0.29, 0.717) is 31.8 Å². The molecule has 19 heavy (non-hydrogen) atoms. The molecule has 0 aliphatic carbocycles. The Morgan fingerprint density at radius 3 is 2.26 bits per heavy atom. The number of hydrogen-bond donors (Lipinski definition) is 1. The van der Waals surface area contributed by atoms with Crippen LogP contribution in [0.25, 0.3) is 0 Å². The Bertz CT molecular complexity index is 299. The standard InChI is InChI=1S/C15H29NO3/c1-12(2)6-7-15(18)8-10-16(11-9-15)13(17)19-14(3,4)5/h12,18H,6-11H2,1-5H3. The Hall–Kier alpha value is -0.770. The lowest BCUT2D eigenvalue weighted by Gasteiger charge is -2.39. The first-order valence-corrected chi connectivity index (χ1v) is 7.32. The van der Waals surface area contributed by atoms with Gasteiger partial charge < -0.3 is 14.7 Å². The Morgan fingerprint density at radius 2 is 1.84 bits per heavy atom. The molecular formula is C15H29NO3. The van der Waals surface area contributed by atoms with Gasteiger partial charge in [0.25, 0.3) is 0 Å². The van der Waals surface area contributed by atoms with E-state index in [-0.39, 0.29) is 6.09 Å². The fraction of sp³-hybridized carbons (Fsp3) is 0.933. The third-order valence-electron chi connectivity index (χ3n) is 3.53. The average molecular weight is 271 g/mol. The van der Waals surface area contributed by atoms with Crippen LogP contribution in [0.2, 0.25) is 0 Å². The van der Waals surface area contributed by atoms with E-state index in [1.54, 1.807) is 4.90 Å². The van der Waals surface area contributed by atoms with Crippen LogP contribution in [0.1, 0.15) is 60.3 Å². The van der Waals surface area contributed by atoms with Crippen LogP contribution in [0.15, 0.2) is 0 Å². The molecule has 0 radical (unpaired) electrons. The van der Waals surface area contributed by atoms with Gasteiger partial charge in [-0.3, -0.25) is 0 Å². The number of piperidine rings is 1. The Morgan fingerprint density at radius 1 is 1.32 bits per heavy atom. The number of ether oxygens (including phenoxy) is 1. The molecule has 1 aliphatic heterocycles. The number of carbonyl (C=O) groups is 1. The van der Waals surface area contributed by atoms with Gasteiger partial charge in [-0.15, -0.1) is 0 Å². The molecule has 112 valence electrons. The van der Waals surface area contributed by atoms with Crippen molar-refractivity contribution in [1.82, 2.24) is 4.90 Å². The summed E-state index contributed by atoms with van der Waals surface area (Å²) in [7, 11) is 0. The second-order valence-electron chi connectivity index (χ2n) is 7.12. The molecule has 0 unspecified atom stereocenters. The van der Waals surface area contributed by atoms with Crippen molar-refractivity contribution in [1.29, 1.82) is 0 Å². The van der Waals surface area contributed by atoms with Crippen LogP contribution in [0.4, 0.5) is 4.79 Å². The van der Waals surface area contributed by atoms with E-state index in [1.807, 2.05) is 20.8 Å². The summed E-state index contributed by atoms with van der Waals surface area (Å²) in [6.45, 7) is 11.1. The maximum atomic E-state index is 11.9. The highest BCUT2D eigenvalue weighted by atomic mass is 16.6. The summed E-state index contributed by atoms with van der Waals surface area (Å²) < 4.78 is 5.35. The van der Waals surface area contributed by atoms with Gasteiger partial charge >= 0.3 is 6.09 Å². The Kier molecular flexibility index (Phi) is 5.25. The summed E-state index contributed by atoms with van der Waals surface area (Å²) in [6, 6.07) is 0. The molecule has 1 N–H and O–H groups in total. The molecule has 0 spiro atoms. The summed E-state index contributed by atoms with van der Waals surface area (Å²) in [5.74, 6) is 0.605. The van der Waals surface area contributed by atoms with Gasteiger partial charge in [0, 0.05) is 13.1 Å². The molecule has 1 saturated heterocycles. The number of nitrogens with zero attached hydrogens (tertiary/aromatic N) is 1. The molecule has 0 aromatic rings. The van der Waals surface area contributed by atoms with Crippen LogP contribution in [0.3, 0.4) is 0 Å². The molecule has 1 heterocycles. The number of amides is 1. The molecule has 1 fully saturated rings. The van der Waals surface area contributed by atoms with Crippen LogP contribution < -0.4 is 0 Å². The molecule has 0 bridgehead atoms. The van der Waals surface area contributed by atoms with E-state index in [0.717, 1.165) is 12.8 Å². The second kappa shape index (κ2) is 6.12. The average Bonchev–Trinajstić information content (AvgIpc) is 2.25. The summed E-state index contributed by atoms with van der Waals surface area (Å²) in [5.41, 5.74) is -1.05. The van der Waals surface area contributed by atoms with Crippen LogP contribution in [0.5, 0.6) is 0 Å². The maximum Gasteiger partial charge on any atom is 0.410 e. The SMILES string of the molecule is CC(C)CCC1(O)CCN(C(=O)OC(C)(C)C)CC1. The molecule has 0 aromatic carbocycles. The van der Waals surface area contributed by atoms with Gasteiger partial charge in [0.1, 0.15) is 5.60 Å². The molecule has 4 nitrogen and oxygen atoms in total. The summed E-state index contributed by atoms with van der Waals surface area (Å²) in [5, 5.41) is 10.5. The number of carbonyl (C=O) groups excluding carboxylic acids is 1. The van der Waals surface area contributed by atoms with Gasteiger partial charge in [-0.2, -0.15) is 0 Å². The minimum atomic E-state index is -0.594. The molecule has 1 amide bonds. The Balaban J connectivity index is 2.41. The van der Waals surface area contributed by atoms with Crippen molar-refractivity contribution in [3.63, 3.8) is 0 Å². The highest BCUT2D eigenvalue weighted by Gasteiger charge is 2.35. The van der Waals surface area contributed by atoms with Crippen LogP contribution >= 0.6 is 0 Å². The van der Waals surface area contributed by atoms with Crippen molar-refractivity contribution in [2.24, 2.45) is 5.92 Å². The van der Waals surface area contributed by atoms with Crippen molar-refractivity contribution >= 4 is 6.09 Å². The second-order valence-corrected chi connectivity index (χ2v) is 7.12. The summed E-state index contributed by atoms with van der Waals surface area (Å²) in [6.07, 6.45) is 2.90. The maximum absolute atomic E-state index is 11.9. The smallest absolute Gasteiger partial charge is 0.410 e. The molecule has 1 aliphatic rings. The zero-order valence-electron chi connectivity index (χ0n) is 13.0. The van der Waals surface area contributed by atoms with Gasteiger partial charge in [0.05, 0.1) is 5.60 Å². The fourth-order valence-corrected chi connectivity index (χ4v) is 2.24. The van der Waals surface area contributed by atoms with E-state index in [2.05, 4.69) is 13.8 Å². The van der Waals surface area contributed by atoms with E-state index in [9.17, 15) is 9.90 Å². The number of aliphatic hydroxyl groups is 1. The van der Waals surface area contributed by atoms with Crippen LogP contribution in [-0.2, 0) is 4.74 Å². The van der Waals surface area contributed by atoms with E-state index < -0.39 is 11.2 Å². The lowest BCUT2D eigenvalue weighted by atomic mass is 9.85. The predicted molar refractivity (Wildman–Crippen MR) is 76.1 cm³/mol. The van der Waals surface area contributed by atoms with Crippen molar-refractivity contribution < 1.29 is 14.6 Å². The largest absolute Gasteiger partial charge is 0.444 e. The minimum absolute atomic E-state index is 0.265. The number of hydrogen-bond acceptors (Lipinski definition) is 3. The van der Waals surface area contributed by atoms with E-state index in [1.165, 1.54) is 0 Å². The molecule has 1 rings (SSSR count). The summed E-state index contributed by atoms with van der Waals surface area (Å²) >= 11 is 0. The summed E-state index contributed by atoms with van der Waals surface area (Å²) in [4.78, 5) is 13.6. The van der Waals surface area contributed by atoms with Crippen molar-refractivity contribution in [2.75, 3.05) is 13.1 Å². The monoisotopic (exact) mass is 271 g/mol. The van der Waals surface area contributed by atoms with E-state index in [4.69, 9.17) is 4.74 Å². The lowest BCUT2D eigenvalue weighted by molar-refractivity contribution is -0.0390.